The predicted octanol–water partition coefficient (Wildman–Crippen LogP) is 2.51. The summed E-state index contributed by atoms with van der Waals surface area (Å²) in [4.78, 5) is 0. The van der Waals surface area contributed by atoms with Crippen LogP contribution in [0.1, 0.15) is 46.5 Å². The van der Waals surface area contributed by atoms with Gasteiger partial charge in [-0.15, -0.1) is 0 Å². The zero-order valence-corrected chi connectivity index (χ0v) is 14.0. The first-order valence-electron chi connectivity index (χ1n) is 6.68. The molecule has 1 saturated heterocycles. The molecule has 0 aromatic carbocycles. The minimum Gasteiger partial charge on any atom is -0.196 e. The highest BCUT2D eigenvalue weighted by Crippen LogP contribution is 2.22. The van der Waals surface area contributed by atoms with E-state index in [1.54, 1.807) is 4.31 Å². The van der Waals surface area contributed by atoms with Crippen molar-refractivity contribution < 1.29 is 8.42 Å². The van der Waals surface area contributed by atoms with Gasteiger partial charge in [0.1, 0.15) is 0 Å². The second-order valence-corrected chi connectivity index (χ2v) is 8.01. The van der Waals surface area contributed by atoms with E-state index in [0.717, 1.165) is 31.0 Å². The smallest absolute Gasteiger partial charge is 0.196 e. The van der Waals surface area contributed by atoms with Crippen molar-refractivity contribution in [2.45, 2.75) is 52.0 Å². The summed E-state index contributed by atoms with van der Waals surface area (Å²) in [5.41, 5.74) is -0.356. The largest absolute Gasteiger partial charge is 0.279 e. The zero-order chi connectivity index (χ0) is 13.8. The van der Waals surface area contributed by atoms with Crippen molar-refractivity contribution in [3.8, 4) is 0 Å². The number of piperidine rings is 1. The molecule has 0 aliphatic carbocycles. The molecule has 4 nitrogen and oxygen atoms in total. The molecule has 0 aromatic heterocycles. The van der Waals surface area contributed by atoms with Crippen LogP contribution in [-0.2, 0) is 10.2 Å². The minimum absolute atomic E-state index is 0.356. The van der Waals surface area contributed by atoms with Crippen LogP contribution in [-0.4, -0.2) is 36.7 Å². The molecule has 1 atom stereocenters. The summed E-state index contributed by atoms with van der Waals surface area (Å²) in [5.74, 6) is 0.636. The molecule has 0 radical (unpaired) electrons. The molecule has 1 fully saturated rings. The first-order valence-corrected chi connectivity index (χ1v) is 9.24. The van der Waals surface area contributed by atoms with Crippen LogP contribution >= 0.6 is 15.9 Å². The van der Waals surface area contributed by atoms with Crippen LogP contribution < -0.4 is 4.72 Å². The lowest BCUT2D eigenvalue weighted by atomic mass is 9.98. The third kappa shape index (κ3) is 4.47. The molecule has 0 saturated carbocycles. The van der Waals surface area contributed by atoms with Crippen LogP contribution in [0.4, 0.5) is 0 Å². The van der Waals surface area contributed by atoms with E-state index in [2.05, 4.69) is 27.6 Å². The van der Waals surface area contributed by atoms with Gasteiger partial charge in [-0.25, -0.2) is 0 Å². The van der Waals surface area contributed by atoms with Gasteiger partial charge in [0, 0.05) is 24.0 Å². The summed E-state index contributed by atoms with van der Waals surface area (Å²) < 4.78 is 29.1. The number of nitrogens with one attached hydrogen (secondary N) is 1. The maximum atomic E-state index is 12.3. The maximum absolute atomic E-state index is 12.3. The van der Waals surface area contributed by atoms with Crippen LogP contribution in [0.3, 0.4) is 0 Å². The van der Waals surface area contributed by atoms with Gasteiger partial charge >= 0.3 is 0 Å². The van der Waals surface area contributed by atoms with Gasteiger partial charge in [0.05, 0.1) is 0 Å². The van der Waals surface area contributed by atoms with E-state index in [0.29, 0.717) is 19.0 Å². The Morgan fingerprint density at radius 3 is 2.39 bits per heavy atom. The molecule has 0 amide bonds. The molecule has 18 heavy (non-hydrogen) atoms. The summed E-state index contributed by atoms with van der Waals surface area (Å²) in [6, 6.07) is 0. The number of rotatable bonds is 6. The number of hydrogen-bond acceptors (Lipinski definition) is 2. The maximum Gasteiger partial charge on any atom is 0.279 e. The Morgan fingerprint density at radius 2 is 1.94 bits per heavy atom. The van der Waals surface area contributed by atoms with Gasteiger partial charge in [-0.05, 0) is 38.5 Å². The van der Waals surface area contributed by atoms with E-state index in [9.17, 15) is 8.42 Å². The third-order valence-electron chi connectivity index (χ3n) is 3.88. The van der Waals surface area contributed by atoms with E-state index in [-0.39, 0.29) is 5.54 Å². The minimum atomic E-state index is -3.34. The predicted molar refractivity (Wildman–Crippen MR) is 79.1 cm³/mol. The van der Waals surface area contributed by atoms with Crippen LogP contribution in [0.25, 0.3) is 0 Å². The van der Waals surface area contributed by atoms with Gasteiger partial charge in [0.2, 0.25) is 0 Å². The lowest BCUT2D eigenvalue weighted by Crippen LogP contribution is -2.53. The fraction of sp³-hybridized carbons (Fsp3) is 1.00. The lowest BCUT2D eigenvalue weighted by molar-refractivity contribution is 0.276. The van der Waals surface area contributed by atoms with E-state index in [1.807, 2.05) is 13.8 Å². The highest BCUT2D eigenvalue weighted by molar-refractivity contribution is 9.09. The molecule has 1 unspecified atom stereocenters. The average molecular weight is 341 g/mol. The Hall–Kier alpha value is 0.350. The standard InChI is InChI=1S/C12H25BrN2O2S/c1-4-12(3,7-8-13)14-18(16,17)15-9-5-11(2)6-10-15/h11,14H,4-10H2,1-3H3. The Morgan fingerprint density at radius 1 is 1.39 bits per heavy atom. The molecule has 6 heteroatoms. The molecule has 1 heterocycles. The SMILES string of the molecule is CCC(C)(CCBr)NS(=O)(=O)N1CCC(C)CC1. The van der Waals surface area contributed by atoms with Crippen molar-refractivity contribution in [3.63, 3.8) is 0 Å². The van der Waals surface area contributed by atoms with Crippen molar-refractivity contribution in [2.75, 3.05) is 18.4 Å². The molecule has 1 aliphatic rings. The van der Waals surface area contributed by atoms with Crippen molar-refractivity contribution in [1.29, 1.82) is 0 Å². The van der Waals surface area contributed by atoms with Gasteiger partial charge in [-0.1, -0.05) is 29.8 Å². The fourth-order valence-electron chi connectivity index (χ4n) is 2.11. The lowest BCUT2D eigenvalue weighted by Gasteiger charge is -2.35. The van der Waals surface area contributed by atoms with Crippen molar-refractivity contribution >= 4 is 26.1 Å². The molecule has 0 aromatic rings. The Bertz CT molecular complexity index is 353. The number of alkyl halides is 1. The topological polar surface area (TPSA) is 49.4 Å². The summed E-state index contributed by atoms with van der Waals surface area (Å²) in [6.07, 6.45) is 3.51. The second-order valence-electron chi connectivity index (χ2n) is 5.54. The fourth-order valence-corrected chi connectivity index (χ4v) is 4.67. The zero-order valence-electron chi connectivity index (χ0n) is 11.6. The molecule has 1 aliphatic heterocycles. The molecule has 108 valence electrons. The molecular weight excluding hydrogens is 316 g/mol. The molecule has 0 spiro atoms. The van der Waals surface area contributed by atoms with E-state index < -0.39 is 10.2 Å². The summed E-state index contributed by atoms with van der Waals surface area (Å²) >= 11 is 3.39. The van der Waals surface area contributed by atoms with Crippen molar-refractivity contribution in [1.82, 2.24) is 9.03 Å². The van der Waals surface area contributed by atoms with Crippen LogP contribution in [0, 0.1) is 5.92 Å². The van der Waals surface area contributed by atoms with E-state index in [4.69, 9.17) is 0 Å². The quantitative estimate of drug-likeness (QED) is 0.755. The third-order valence-corrected chi connectivity index (χ3v) is 6.08. The Labute approximate surface area is 120 Å². The van der Waals surface area contributed by atoms with Gasteiger partial charge in [-0.3, -0.25) is 0 Å². The monoisotopic (exact) mass is 340 g/mol. The van der Waals surface area contributed by atoms with Crippen LogP contribution in [0.2, 0.25) is 0 Å². The summed E-state index contributed by atoms with van der Waals surface area (Å²) in [6.45, 7) is 7.45. The highest BCUT2D eigenvalue weighted by atomic mass is 79.9. The van der Waals surface area contributed by atoms with E-state index >= 15 is 0 Å². The van der Waals surface area contributed by atoms with Gasteiger partial charge in [0.25, 0.3) is 10.2 Å². The molecular formula is C12H25BrN2O2S. The summed E-state index contributed by atoms with van der Waals surface area (Å²) in [7, 11) is -3.34. The van der Waals surface area contributed by atoms with Crippen molar-refractivity contribution in [3.05, 3.63) is 0 Å². The van der Waals surface area contributed by atoms with E-state index in [1.165, 1.54) is 0 Å². The normalized spacial score (nSPS) is 22.9. The first kappa shape index (κ1) is 16.4. The van der Waals surface area contributed by atoms with Gasteiger partial charge in [0.15, 0.2) is 0 Å². The average Bonchev–Trinajstić information content (AvgIpc) is 2.29. The van der Waals surface area contributed by atoms with Gasteiger partial charge < -0.3 is 0 Å². The van der Waals surface area contributed by atoms with Gasteiger partial charge in [-0.2, -0.15) is 17.4 Å². The Kier molecular flexibility index (Phi) is 6.09. The molecule has 1 rings (SSSR count). The number of halogens is 1. The van der Waals surface area contributed by atoms with Crippen LogP contribution in [0.15, 0.2) is 0 Å². The highest BCUT2D eigenvalue weighted by Gasteiger charge is 2.32. The van der Waals surface area contributed by atoms with Crippen LogP contribution in [0.5, 0.6) is 0 Å². The van der Waals surface area contributed by atoms with Crippen molar-refractivity contribution in [2.24, 2.45) is 5.92 Å². The number of hydrogen-bond donors (Lipinski definition) is 1. The second kappa shape index (κ2) is 6.68. The number of nitrogens with zero attached hydrogens (tertiary/aromatic N) is 1. The molecule has 1 N–H and O–H groups in total. The summed E-state index contributed by atoms with van der Waals surface area (Å²) in [5, 5.41) is 0.802. The molecule has 0 bridgehead atoms. The Balaban J connectivity index is 2.69. The first-order chi connectivity index (χ1) is 8.33.